The molecule has 1 spiro atoms. The molecule has 2 aromatic heterocycles. The van der Waals surface area contributed by atoms with Gasteiger partial charge in [-0.15, -0.1) is 11.3 Å². The van der Waals surface area contributed by atoms with Crippen molar-refractivity contribution in [3.63, 3.8) is 0 Å². The molecule has 2 aliphatic rings. The number of nitrogen functional groups attached to an aromatic ring is 1. The number of hydrogen-bond acceptors (Lipinski definition) is 7. The van der Waals surface area contributed by atoms with Gasteiger partial charge in [0.15, 0.2) is 5.82 Å². The van der Waals surface area contributed by atoms with Crippen molar-refractivity contribution in [3.05, 3.63) is 57.1 Å². The van der Waals surface area contributed by atoms with Crippen LogP contribution in [0, 0.1) is 0 Å². The van der Waals surface area contributed by atoms with Crippen LogP contribution >= 0.6 is 22.9 Å². The standard InChI is InChI=1S/C21H22ClN5OS/c1-20(28,18-24-8-9-29-18)13-4-5-14-16(10-13)27(12-21(14)6-2-3-7-21)17-15(22)11-25-19(23)26-17/h4-5,8-11,28H,2-3,6-7,12H2,1H3,(H2,23,25,26)/t20-/m1/s1. The molecular weight excluding hydrogens is 406 g/mol. The van der Waals surface area contributed by atoms with Crippen molar-refractivity contribution in [1.29, 1.82) is 0 Å². The zero-order valence-electron chi connectivity index (χ0n) is 16.1. The summed E-state index contributed by atoms with van der Waals surface area (Å²) in [6, 6.07) is 6.24. The third-order valence-corrected chi connectivity index (χ3v) is 7.54. The number of aliphatic hydroxyl groups is 1. The number of nitrogens with two attached hydrogens (primary N) is 1. The maximum absolute atomic E-state index is 11.2. The predicted octanol–water partition coefficient (Wildman–Crippen LogP) is 4.39. The lowest BCUT2D eigenvalue weighted by atomic mass is 9.80. The van der Waals surface area contributed by atoms with Gasteiger partial charge in [0.2, 0.25) is 5.95 Å². The van der Waals surface area contributed by atoms with Gasteiger partial charge in [0.05, 0.1) is 6.20 Å². The Bertz CT molecular complexity index is 1060. The Morgan fingerprint density at radius 2 is 2.07 bits per heavy atom. The second-order valence-electron chi connectivity index (χ2n) is 8.11. The van der Waals surface area contributed by atoms with E-state index in [0.29, 0.717) is 15.8 Å². The summed E-state index contributed by atoms with van der Waals surface area (Å²) in [4.78, 5) is 14.9. The lowest BCUT2D eigenvalue weighted by Gasteiger charge is -2.25. The van der Waals surface area contributed by atoms with Gasteiger partial charge < -0.3 is 15.7 Å². The summed E-state index contributed by atoms with van der Waals surface area (Å²) in [6.07, 6.45) is 7.96. The monoisotopic (exact) mass is 427 g/mol. The number of nitrogens with zero attached hydrogens (tertiary/aromatic N) is 4. The Balaban J connectivity index is 1.67. The number of aromatic nitrogens is 3. The van der Waals surface area contributed by atoms with E-state index in [1.54, 1.807) is 19.3 Å². The normalized spacial score (nSPS) is 19.5. The van der Waals surface area contributed by atoms with Gasteiger partial charge in [-0.1, -0.05) is 36.6 Å². The topological polar surface area (TPSA) is 88.2 Å². The maximum Gasteiger partial charge on any atom is 0.222 e. The summed E-state index contributed by atoms with van der Waals surface area (Å²) >= 11 is 7.91. The van der Waals surface area contributed by atoms with Crippen molar-refractivity contribution in [2.75, 3.05) is 17.2 Å². The van der Waals surface area contributed by atoms with Crippen molar-refractivity contribution in [2.24, 2.45) is 0 Å². The largest absolute Gasteiger partial charge is 0.378 e. The molecule has 6 nitrogen and oxygen atoms in total. The molecule has 1 saturated carbocycles. The van der Waals surface area contributed by atoms with Gasteiger partial charge >= 0.3 is 0 Å². The molecule has 1 fully saturated rings. The first-order valence-electron chi connectivity index (χ1n) is 9.74. The van der Waals surface area contributed by atoms with Gasteiger partial charge in [-0.05, 0) is 37.0 Å². The van der Waals surface area contributed by atoms with Crippen molar-refractivity contribution < 1.29 is 5.11 Å². The lowest BCUT2D eigenvalue weighted by Crippen LogP contribution is -2.29. The van der Waals surface area contributed by atoms with Crippen LogP contribution in [0.1, 0.15) is 48.7 Å². The minimum Gasteiger partial charge on any atom is -0.378 e. The summed E-state index contributed by atoms with van der Waals surface area (Å²) in [5.41, 5.74) is 7.90. The van der Waals surface area contributed by atoms with Gasteiger partial charge in [-0.25, -0.2) is 9.97 Å². The molecule has 0 amide bonds. The molecule has 8 heteroatoms. The highest BCUT2D eigenvalue weighted by molar-refractivity contribution is 7.09. The highest BCUT2D eigenvalue weighted by atomic mass is 35.5. The van der Waals surface area contributed by atoms with Crippen LogP contribution in [0.2, 0.25) is 5.02 Å². The molecule has 3 aromatic rings. The molecule has 1 aliphatic carbocycles. The summed E-state index contributed by atoms with van der Waals surface area (Å²) in [5.74, 6) is 0.819. The van der Waals surface area contributed by atoms with Gasteiger partial charge in [-0.2, -0.15) is 4.98 Å². The van der Waals surface area contributed by atoms with Crippen LogP contribution in [0.5, 0.6) is 0 Å². The minimum atomic E-state index is -1.17. The van der Waals surface area contributed by atoms with E-state index in [9.17, 15) is 5.11 Å². The first-order chi connectivity index (χ1) is 13.9. The number of rotatable bonds is 3. The molecule has 0 radical (unpaired) electrons. The van der Waals surface area contributed by atoms with E-state index < -0.39 is 5.60 Å². The summed E-state index contributed by atoms with van der Waals surface area (Å²) in [5, 5.41) is 14.3. The lowest BCUT2D eigenvalue weighted by molar-refractivity contribution is 0.102. The molecule has 3 N–H and O–H groups in total. The van der Waals surface area contributed by atoms with Crippen LogP contribution in [0.3, 0.4) is 0 Å². The van der Waals surface area contributed by atoms with Crippen LogP contribution in [-0.2, 0) is 11.0 Å². The third kappa shape index (κ3) is 2.91. The second kappa shape index (κ2) is 6.65. The Morgan fingerprint density at radius 3 is 2.79 bits per heavy atom. The number of fused-ring (bicyclic) bond motifs is 2. The first kappa shape index (κ1) is 18.8. The van der Waals surface area contributed by atoms with Crippen molar-refractivity contribution in [2.45, 2.75) is 43.6 Å². The Morgan fingerprint density at radius 1 is 1.28 bits per heavy atom. The summed E-state index contributed by atoms with van der Waals surface area (Å²) < 4.78 is 0. The van der Waals surface area contributed by atoms with Gasteiger partial charge in [-0.3, -0.25) is 0 Å². The summed E-state index contributed by atoms with van der Waals surface area (Å²) in [7, 11) is 0. The number of thiazole rings is 1. The van der Waals surface area contributed by atoms with Crippen LogP contribution in [-0.4, -0.2) is 26.6 Å². The first-order valence-corrected chi connectivity index (χ1v) is 11.0. The van der Waals surface area contributed by atoms with Crippen molar-refractivity contribution in [1.82, 2.24) is 15.0 Å². The molecule has 0 bridgehead atoms. The van der Waals surface area contributed by atoms with E-state index in [1.807, 2.05) is 11.4 Å². The van der Waals surface area contributed by atoms with Crippen molar-refractivity contribution >= 4 is 40.4 Å². The fourth-order valence-corrected chi connectivity index (χ4v) is 5.71. The van der Waals surface area contributed by atoms with E-state index in [-0.39, 0.29) is 11.4 Å². The Hall–Kier alpha value is -2.22. The quantitative estimate of drug-likeness (QED) is 0.644. The van der Waals surface area contributed by atoms with E-state index in [2.05, 4.69) is 32.0 Å². The molecule has 5 rings (SSSR count). The number of benzene rings is 1. The average molecular weight is 428 g/mol. The van der Waals surface area contributed by atoms with Gasteiger partial charge in [0.1, 0.15) is 15.6 Å². The van der Waals surface area contributed by atoms with E-state index in [0.717, 1.165) is 30.6 Å². The molecule has 1 aromatic carbocycles. The smallest absolute Gasteiger partial charge is 0.222 e. The second-order valence-corrected chi connectivity index (χ2v) is 9.42. The average Bonchev–Trinajstić information content (AvgIpc) is 3.46. The number of halogens is 1. The summed E-state index contributed by atoms with van der Waals surface area (Å²) in [6.45, 7) is 2.59. The zero-order chi connectivity index (χ0) is 20.2. The minimum absolute atomic E-state index is 0.0872. The van der Waals surface area contributed by atoms with Crippen LogP contribution < -0.4 is 10.6 Å². The molecular formula is C21H22ClN5OS. The SMILES string of the molecule is C[C@@](O)(c1ccc2c(c1)N(c1nc(N)ncc1Cl)CC21CCCC1)c1nccs1. The van der Waals surface area contributed by atoms with Crippen LogP contribution in [0.25, 0.3) is 0 Å². The van der Waals surface area contributed by atoms with E-state index in [4.69, 9.17) is 17.3 Å². The maximum atomic E-state index is 11.2. The third-order valence-electron chi connectivity index (χ3n) is 6.29. The molecule has 1 aliphatic heterocycles. The van der Waals surface area contributed by atoms with E-state index in [1.165, 1.54) is 29.7 Å². The van der Waals surface area contributed by atoms with Gasteiger partial charge in [0.25, 0.3) is 0 Å². The van der Waals surface area contributed by atoms with Gasteiger partial charge in [0, 0.05) is 29.2 Å². The fourth-order valence-electron chi connectivity index (χ4n) is 4.80. The van der Waals surface area contributed by atoms with E-state index >= 15 is 0 Å². The molecule has 150 valence electrons. The van der Waals surface area contributed by atoms with Crippen molar-refractivity contribution in [3.8, 4) is 0 Å². The number of hydrogen-bond donors (Lipinski definition) is 2. The molecule has 0 saturated heterocycles. The highest BCUT2D eigenvalue weighted by Crippen LogP contribution is 2.53. The Kier molecular flexibility index (Phi) is 4.31. The molecule has 1 atom stereocenters. The molecule has 29 heavy (non-hydrogen) atoms. The van der Waals surface area contributed by atoms with Crippen LogP contribution in [0.15, 0.2) is 36.0 Å². The molecule has 0 unspecified atom stereocenters. The molecule has 3 heterocycles. The number of anilines is 3. The predicted molar refractivity (Wildman–Crippen MR) is 116 cm³/mol. The Labute approximate surface area is 178 Å². The van der Waals surface area contributed by atoms with Crippen LogP contribution in [0.4, 0.5) is 17.5 Å². The zero-order valence-corrected chi connectivity index (χ0v) is 17.7. The highest BCUT2D eigenvalue weighted by Gasteiger charge is 2.46. The fraction of sp³-hybridized carbons (Fsp3) is 0.381.